The predicted octanol–water partition coefficient (Wildman–Crippen LogP) is 0.696. The van der Waals surface area contributed by atoms with E-state index in [1.54, 1.807) is 12.1 Å². The zero-order valence-electron chi connectivity index (χ0n) is 15.0. The van der Waals surface area contributed by atoms with E-state index in [0.717, 1.165) is 12.8 Å². The molecule has 27 heavy (non-hydrogen) atoms. The zero-order valence-corrected chi connectivity index (χ0v) is 15.0. The molecule has 1 aromatic rings. The number of carbonyl (C=O) groups is 4. The minimum absolute atomic E-state index is 0.135. The van der Waals surface area contributed by atoms with Crippen molar-refractivity contribution in [1.29, 1.82) is 0 Å². The van der Waals surface area contributed by atoms with Gasteiger partial charge in [0.2, 0.25) is 0 Å². The molecule has 1 saturated heterocycles. The van der Waals surface area contributed by atoms with Crippen LogP contribution >= 0.6 is 0 Å². The average Bonchev–Trinajstić information content (AvgIpc) is 2.87. The van der Waals surface area contributed by atoms with Gasteiger partial charge in [0.1, 0.15) is 11.3 Å². The molecule has 9 nitrogen and oxygen atoms in total. The molecule has 2 fully saturated rings. The number of ether oxygens (including phenoxy) is 1. The van der Waals surface area contributed by atoms with Crippen LogP contribution in [0, 0.1) is 5.92 Å². The highest BCUT2D eigenvalue weighted by molar-refractivity contribution is 6.08. The van der Waals surface area contributed by atoms with Gasteiger partial charge in [0.25, 0.3) is 17.7 Å². The molecule has 0 bridgehead atoms. The third-order valence-corrected chi connectivity index (χ3v) is 5.04. The Morgan fingerprint density at radius 3 is 2.63 bits per heavy atom. The van der Waals surface area contributed by atoms with Gasteiger partial charge in [-0.2, -0.15) is 5.01 Å². The first-order valence-electron chi connectivity index (χ1n) is 8.80. The molecule has 5 amide bonds. The van der Waals surface area contributed by atoms with Gasteiger partial charge in [0, 0.05) is 0 Å². The van der Waals surface area contributed by atoms with Gasteiger partial charge in [-0.05, 0) is 43.7 Å². The Morgan fingerprint density at radius 2 is 1.96 bits per heavy atom. The van der Waals surface area contributed by atoms with Crippen molar-refractivity contribution in [2.75, 3.05) is 6.61 Å². The van der Waals surface area contributed by atoms with Gasteiger partial charge in [-0.25, -0.2) is 4.79 Å². The first kappa shape index (κ1) is 18.7. The van der Waals surface area contributed by atoms with Crippen molar-refractivity contribution in [3.05, 3.63) is 29.8 Å². The molecule has 1 saturated carbocycles. The molecule has 2 aliphatic rings. The first-order chi connectivity index (χ1) is 12.8. The van der Waals surface area contributed by atoms with Gasteiger partial charge in [0.05, 0.1) is 5.56 Å². The van der Waals surface area contributed by atoms with E-state index in [0.29, 0.717) is 23.8 Å². The van der Waals surface area contributed by atoms with Crippen LogP contribution in [-0.2, 0) is 9.59 Å². The van der Waals surface area contributed by atoms with Gasteiger partial charge >= 0.3 is 6.03 Å². The summed E-state index contributed by atoms with van der Waals surface area (Å²) < 4.78 is 5.31. The predicted molar refractivity (Wildman–Crippen MR) is 94.3 cm³/mol. The van der Waals surface area contributed by atoms with Crippen LogP contribution in [-0.4, -0.2) is 40.9 Å². The summed E-state index contributed by atoms with van der Waals surface area (Å²) in [5, 5.41) is 3.42. The lowest BCUT2D eigenvalue weighted by Crippen LogP contribution is -2.52. The third kappa shape index (κ3) is 3.71. The SMILES string of the molecule is CC1CCC2(CC1)NC(=O)N(NC(=O)COc1ccccc1C(N)=O)C2=O. The number of amides is 5. The van der Waals surface area contributed by atoms with Crippen molar-refractivity contribution < 1.29 is 23.9 Å². The van der Waals surface area contributed by atoms with E-state index in [4.69, 9.17) is 10.5 Å². The minimum atomic E-state index is -0.934. The molecular weight excluding hydrogens is 352 g/mol. The summed E-state index contributed by atoms with van der Waals surface area (Å²) >= 11 is 0. The van der Waals surface area contributed by atoms with Crippen molar-refractivity contribution in [3.63, 3.8) is 0 Å². The summed E-state index contributed by atoms with van der Waals surface area (Å²) in [5.74, 6) is -1.18. The summed E-state index contributed by atoms with van der Waals surface area (Å²) in [6.07, 6.45) is 2.77. The van der Waals surface area contributed by atoms with Crippen LogP contribution in [0.4, 0.5) is 4.79 Å². The lowest BCUT2D eigenvalue weighted by Gasteiger charge is -2.33. The summed E-state index contributed by atoms with van der Waals surface area (Å²) in [4.78, 5) is 48.4. The molecule has 9 heteroatoms. The number of hydrogen-bond acceptors (Lipinski definition) is 5. The van der Waals surface area contributed by atoms with Gasteiger partial charge in [-0.1, -0.05) is 19.1 Å². The van der Waals surface area contributed by atoms with Crippen LogP contribution in [0.1, 0.15) is 43.0 Å². The number of primary amides is 1. The Morgan fingerprint density at radius 1 is 1.30 bits per heavy atom. The molecule has 0 aromatic heterocycles. The second kappa shape index (κ2) is 7.26. The molecule has 0 unspecified atom stereocenters. The fraction of sp³-hybridized carbons (Fsp3) is 0.444. The van der Waals surface area contributed by atoms with Gasteiger partial charge in [-0.3, -0.25) is 19.8 Å². The summed E-state index contributed by atoms with van der Waals surface area (Å²) in [7, 11) is 0. The molecule has 1 aliphatic heterocycles. The number of carbonyl (C=O) groups excluding carboxylic acids is 4. The number of rotatable bonds is 5. The topological polar surface area (TPSA) is 131 Å². The lowest BCUT2D eigenvalue weighted by molar-refractivity contribution is -0.140. The number of nitrogens with one attached hydrogen (secondary N) is 2. The molecular formula is C18H22N4O5. The van der Waals surface area contributed by atoms with Crippen molar-refractivity contribution in [1.82, 2.24) is 15.8 Å². The zero-order chi connectivity index (χ0) is 19.6. The Kier molecular flexibility index (Phi) is 5.02. The van der Waals surface area contributed by atoms with Crippen LogP contribution in [0.15, 0.2) is 24.3 Å². The molecule has 1 aromatic carbocycles. The Balaban J connectivity index is 1.61. The number of benzene rings is 1. The van der Waals surface area contributed by atoms with Gasteiger partial charge in [0.15, 0.2) is 6.61 Å². The number of hydrogen-bond donors (Lipinski definition) is 3. The maximum atomic E-state index is 12.7. The van der Waals surface area contributed by atoms with E-state index in [9.17, 15) is 19.2 Å². The third-order valence-electron chi connectivity index (χ3n) is 5.04. The molecule has 144 valence electrons. The van der Waals surface area contributed by atoms with Crippen LogP contribution in [0.25, 0.3) is 0 Å². The molecule has 3 rings (SSSR count). The van der Waals surface area contributed by atoms with E-state index in [-0.39, 0.29) is 11.3 Å². The van der Waals surface area contributed by atoms with Crippen LogP contribution in [0.3, 0.4) is 0 Å². The summed E-state index contributed by atoms with van der Waals surface area (Å²) in [6.45, 7) is 1.63. The lowest BCUT2D eigenvalue weighted by atomic mass is 9.77. The highest BCUT2D eigenvalue weighted by Crippen LogP contribution is 2.35. The van der Waals surface area contributed by atoms with E-state index in [2.05, 4.69) is 17.7 Å². The molecule has 0 radical (unpaired) electrons. The van der Waals surface area contributed by atoms with Crippen molar-refractivity contribution in [2.24, 2.45) is 11.7 Å². The second-order valence-electron chi connectivity index (χ2n) is 7.02. The van der Waals surface area contributed by atoms with Crippen LogP contribution in [0.5, 0.6) is 5.75 Å². The highest BCUT2D eigenvalue weighted by Gasteiger charge is 2.52. The minimum Gasteiger partial charge on any atom is -0.483 e. The normalized spacial score (nSPS) is 24.6. The van der Waals surface area contributed by atoms with Gasteiger partial charge < -0.3 is 15.8 Å². The van der Waals surface area contributed by atoms with Crippen molar-refractivity contribution in [2.45, 2.75) is 38.1 Å². The van der Waals surface area contributed by atoms with Crippen LogP contribution in [0.2, 0.25) is 0 Å². The standard InChI is InChI=1S/C18H22N4O5/c1-11-6-8-18(9-7-11)16(25)22(17(26)20-18)21-14(23)10-27-13-5-3-2-4-12(13)15(19)24/h2-5,11H,6-10H2,1H3,(H2,19,24)(H,20,26)(H,21,23). The molecule has 0 atom stereocenters. The smallest absolute Gasteiger partial charge is 0.344 e. The second-order valence-corrected chi connectivity index (χ2v) is 7.02. The summed E-state index contributed by atoms with van der Waals surface area (Å²) in [6, 6.07) is 5.57. The fourth-order valence-electron chi connectivity index (χ4n) is 3.41. The van der Waals surface area contributed by atoms with Crippen molar-refractivity contribution in [3.8, 4) is 5.75 Å². The Bertz CT molecular complexity index is 786. The van der Waals surface area contributed by atoms with Gasteiger partial charge in [-0.15, -0.1) is 0 Å². The maximum absolute atomic E-state index is 12.7. The highest BCUT2D eigenvalue weighted by atomic mass is 16.5. The monoisotopic (exact) mass is 374 g/mol. The number of urea groups is 1. The number of imide groups is 1. The largest absolute Gasteiger partial charge is 0.483 e. The Labute approximate surface area is 156 Å². The van der Waals surface area contributed by atoms with E-state index < -0.39 is 35.9 Å². The molecule has 1 spiro atoms. The van der Waals surface area contributed by atoms with Crippen molar-refractivity contribution >= 4 is 23.8 Å². The Hall–Kier alpha value is -3.10. The van der Waals surface area contributed by atoms with E-state index >= 15 is 0 Å². The van der Waals surface area contributed by atoms with Crippen LogP contribution < -0.4 is 21.2 Å². The molecule has 1 aliphatic carbocycles. The van der Waals surface area contributed by atoms with E-state index in [1.807, 2.05) is 0 Å². The number of nitrogens with zero attached hydrogens (tertiary/aromatic N) is 1. The first-order valence-corrected chi connectivity index (χ1v) is 8.80. The fourth-order valence-corrected chi connectivity index (χ4v) is 3.41. The quantitative estimate of drug-likeness (QED) is 0.653. The number of nitrogens with two attached hydrogens (primary N) is 1. The van der Waals surface area contributed by atoms with E-state index in [1.165, 1.54) is 12.1 Å². The molecule has 1 heterocycles. The number of hydrazine groups is 1. The number of para-hydroxylation sites is 1. The maximum Gasteiger partial charge on any atom is 0.344 e. The average molecular weight is 374 g/mol. The summed E-state index contributed by atoms with van der Waals surface area (Å²) in [5.41, 5.74) is 6.73. The molecule has 4 N–H and O–H groups in total.